The highest BCUT2D eigenvalue weighted by Crippen LogP contribution is 2.42. The number of carbonyl (C=O) groups excluding carboxylic acids is 1. The average molecular weight is 539 g/mol. The lowest BCUT2D eigenvalue weighted by Gasteiger charge is -2.38. The summed E-state index contributed by atoms with van der Waals surface area (Å²) >= 11 is 0. The number of aliphatic hydroxyl groups is 1. The van der Waals surface area contributed by atoms with Crippen LogP contribution in [0.25, 0.3) is 16.7 Å². The molecule has 0 radical (unpaired) electrons. The van der Waals surface area contributed by atoms with Crippen molar-refractivity contribution in [2.75, 3.05) is 11.9 Å². The van der Waals surface area contributed by atoms with E-state index in [4.69, 9.17) is 16.6 Å². The molecule has 0 unspecified atom stereocenters. The van der Waals surface area contributed by atoms with Crippen LogP contribution in [0, 0.1) is 11.6 Å². The maximum Gasteiger partial charge on any atom is 0.227 e. The van der Waals surface area contributed by atoms with Crippen LogP contribution < -0.4 is 16.5 Å². The number of nitrogens with zero attached hydrogens (tertiary/aromatic N) is 4. The number of hydrogen-bond acceptors (Lipinski definition) is 6. The van der Waals surface area contributed by atoms with E-state index in [0.29, 0.717) is 55.0 Å². The van der Waals surface area contributed by atoms with Crippen LogP contribution in [0.4, 0.5) is 14.5 Å². The minimum atomic E-state index is -1.00. The minimum Gasteiger partial charge on any atom is -0.401 e. The maximum atomic E-state index is 14.3. The number of allylic oxidation sites excluding steroid dienone is 1. The quantitative estimate of drug-likeness (QED) is 0.315. The average Bonchev–Trinajstić information content (AvgIpc) is 3.24. The van der Waals surface area contributed by atoms with Gasteiger partial charge in [-0.1, -0.05) is 6.07 Å². The van der Waals surface area contributed by atoms with Crippen LogP contribution in [0.5, 0.6) is 0 Å². The summed E-state index contributed by atoms with van der Waals surface area (Å²) in [6.07, 6.45) is 4.39. The highest BCUT2D eigenvalue weighted by atomic mass is 19.2. The SMILES string of the molecule is C/C(N)=C(\c1ccc2c(c1)nc([C@@H]1CCCC(=O)N1c1ccc(F)c(F)c1)n2C1CCC(C)(O)CC1)N(C)N. The molecule has 1 saturated carbocycles. The van der Waals surface area contributed by atoms with Crippen LogP contribution in [0.1, 0.15) is 82.3 Å². The van der Waals surface area contributed by atoms with Gasteiger partial charge in [-0.3, -0.25) is 4.79 Å². The largest absolute Gasteiger partial charge is 0.401 e. The van der Waals surface area contributed by atoms with Gasteiger partial charge in [-0.2, -0.15) is 0 Å². The first-order chi connectivity index (χ1) is 18.5. The fraction of sp³-hybridized carbons (Fsp3) is 0.448. The first-order valence-electron chi connectivity index (χ1n) is 13.4. The zero-order valence-electron chi connectivity index (χ0n) is 22.6. The smallest absolute Gasteiger partial charge is 0.227 e. The monoisotopic (exact) mass is 538 g/mol. The number of benzene rings is 2. The van der Waals surface area contributed by atoms with E-state index < -0.39 is 23.3 Å². The number of amides is 1. The van der Waals surface area contributed by atoms with Gasteiger partial charge in [0.25, 0.3) is 0 Å². The molecule has 0 bridgehead atoms. The number of fused-ring (bicyclic) bond motifs is 1. The van der Waals surface area contributed by atoms with E-state index in [1.807, 2.05) is 25.1 Å². The molecule has 2 aromatic carbocycles. The predicted octanol–water partition coefficient (Wildman–Crippen LogP) is 4.89. The molecule has 1 amide bonds. The molecule has 8 nitrogen and oxygen atoms in total. The zero-order chi connectivity index (χ0) is 28.1. The molecule has 208 valence electrons. The van der Waals surface area contributed by atoms with Gasteiger partial charge in [0.05, 0.1) is 28.4 Å². The van der Waals surface area contributed by atoms with E-state index in [-0.39, 0.29) is 11.9 Å². The molecule has 1 aliphatic heterocycles. The lowest BCUT2D eigenvalue weighted by molar-refractivity contribution is -0.120. The Kier molecular flexibility index (Phi) is 7.11. The molecule has 39 heavy (non-hydrogen) atoms. The molecule has 5 rings (SSSR count). The molecule has 2 fully saturated rings. The minimum absolute atomic E-state index is 0.0587. The number of piperidine rings is 1. The summed E-state index contributed by atoms with van der Waals surface area (Å²) in [6.45, 7) is 3.65. The Balaban J connectivity index is 1.68. The third-order valence-electron chi connectivity index (χ3n) is 8.04. The normalized spacial score (nSPS) is 24.7. The van der Waals surface area contributed by atoms with Crippen molar-refractivity contribution < 1.29 is 18.7 Å². The molecule has 2 aliphatic rings. The van der Waals surface area contributed by atoms with Crippen molar-refractivity contribution in [3.63, 3.8) is 0 Å². The van der Waals surface area contributed by atoms with Crippen LogP contribution in [-0.4, -0.2) is 38.2 Å². The van der Waals surface area contributed by atoms with Crippen molar-refractivity contribution >= 4 is 28.3 Å². The Morgan fingerprint density at radius 2 is 1.85 bits per heavy atom. The van der Waals surface area contributed by atoms with Crippen molar-refractivity contribution in [3.8, 4) is 0 Å². The molecule has 0 spiro atoms. The number of imidazole rings is 1. The second-order valence-corrected chi connectivity index (χ2v) is 11.2. The molecule has 5 N–H and O–H groups in total. The fourth-order valence-corrected chi connectivity index (χ4v) is 6.15. The summed E-state index contributed by atoms with van der Waals surface area (Å²) in [5, 5.41) is 12.1. The number of hydrogen-bond donors (Lipinski definition) is 3. The molecule has 2 heterocycles. The van der Waals surface area contributed by atoms with Crippen LogP contribution >= 0.6 is 0 Å². The molecule has 10 heteroatoms. The van der Waals surface area contributed by atoms with E-state index in [9.17, 15) is 18.7 Å². The Morgan fingerprint density at radius 1 is 1.13 bits per heavy atom. The van der Waals surface area contributed by atoms with E-state index in [1.165, 1.54) is 11.1 Å². The molecule has 3 aromatic rings. The van der Waals surface area contributed by atoms with Crippen LogP contribution in [-0.2, 0) is 4.79 Å². The Labute approximate surface area is 226 Å². The lowest BCUT2D eigenvalue weighted by atomic mass is 9.83. The number of rotatable bonds is 5. The first-order valence-corrected chi connectivity index (χ1v) is 13.4. The molecule has 1 aliphatic carbocycles. The van der Waals surface area contributed by atoms with Gasteiger partial charge in [-0.05, 0) is 76.6 Å². The summed E-state index contributed by atoms with van der Waals surface area (Å²) in [5.41, 5.74) is 9.41. The van der Waals surface area contributed by atoms with Crippen molar-refractivity contribution in [1.82, 2.24) is 14.6 Å². The van der Waals surface area contributed by atoms with Crippen LogP contribution in [0.2, 0.25) is 0 Å². The van der Waals surface area contributed by atoms with Gasteiger partial charge < -0.3 is 25.3 Å². The Bertz CT molecular complexity index is 1430. The van der Waals surface area contributed by atoms with Gasteiger partial charge in [0, 0.05) is 42.5 Å². The van der Waals surface area contributed by atoms with Crippen LogP contribution in [0.15, 0.2) is 42.1 Å². The molecular formula is C29H36F2N6O2. The number of halogens is 2. The second-order valence-electron chi connectivity index (χ2n) is 11.2. The van der Waals surface area contributed by atoms with Crippen molar-refractivity contribution in [3.05, 3.63) is 65.1 Å². The zero-order valence-corrected chi connectivity index (χ0v) is 22.6. The van der Waals surface area contributed by atoms with Gasteiger partial charge in [0.1, 0.15) is 5.82 Å². The standard InChI is InChI=1S/C29H36F2N6O2/c1-17(32)27(35(3)33)18-7-10-24-23(15-18)34-28(37(24)19-11-13-29(2,39)14-12-19)25-5-4-6-26(38)36(25)20-8-9-21(30)22(31)16-20/h7-10,15-16,19,25,39H,4-6,11-14,32-33H2,1-3H3/b27-17-/t19?,25-,29?/m0/s1. The Hall–Kier alpha value is -3.50. The van der Waals surface area contributed by atoms with Crippen molar-refractivity contribution in [2.24, 2.45) is 11.6 Å². The van der Waals surface area contributed by atoms with Gasteiger partial charge in [0.15, 0.2) is 11.6 Å². The summed E-state index contributed by atoms with van der Waals surface area (Å²) < 4.78 is 30.2. The second kappa shape index (κ2) is 10.2. The molecule has 1 saturated heterocycles. The predicted molar refractivity (Wildman–Crippen MR) is 147 cm³/mol. The molecule has 1 aromatic heterocycles. The summed E-state index contributed by atoms with van der Waals surface area (Å²) in [7, 11) is 1.72. The van der Waals surface area contributed by atoms with Crippen LogP contribution in [0.3, 0.4) is 0 Å². The highest BCUT2D eigenvalue weighted by Gasteiger charge is 2.37. The van der Waals surface area contributed by atoms with E-state index >= 15 is 0 Å². The van der Waals surface area contributed by atoms with Crippen molar-refractivity contribution in [1.29, 1.82) is 0 Å². The Morgan fingerprint density at radius 3 is 2.49 bits per heavy atom. The van der Waals surface area contributed by atoms with Gasteiger partial charge >= 0.3 is 0 Å². The molecule has 1 atom stereocenters. The summed E-state index contributed by atoms with van der Waals surface area (Å²) in [6, 6.07) is 9.05. The number of anilines is 1. The number of nitrogens with two attached hydrogens (primary N) is 2. The van der Waals surface area contributed by atoms with E-state index in [2.05, 4.69) is 4.57 Å². The third-order valence-corrected chi connectivity index (χ3v) is 8.04. The number of hydrazine groups is 1. The van der Waals surface area contributed by atoms with Gasteiger partial charge in [-0.25, -0.2) is 19.6 Å². The van der Waals surface area contributed by atoms with E-state index in [0.717, 1.165) is 41.6 Å². The highest BCUT2D eigenvalue weighted by molar-refractivity contribution is 5.95. The number of carbonyl (C=O) groups is 1. The number of aromatic nitrogens is 2. The van der Waals surface area contributed by atoms with Gasteiger partial charge in [-0.15, -0.1) is 0 Å². The fourth-order valence-electron chi connectivity index (χ4n) is 6.15. The summed E-state index contributed by atoms with van der Waals surface area (Å²) in [4.78, 5) is 19.9. The summed E-state index contributed by atoms with van der Waals surface area (Å²) in [5.74, 6) is 4.65. The third kappa shape index (κ3) is 5.10. The van der Waals surface area contributed by atoms with Gasteiger partial charge in [0.2, 0.25) is 5.91 Å². The first kappa shape index (κ1) is 27.1. The lowest BCUT2D eigenvalue weighted by Crippen LogP contribution is -2.40. The van der Waals surface area contributed by atoms with E-state index in [1.54, 1.807) is 18.9 Å². The maximum absolute atomic E-state index is 14.3. The molecular weight excluding hydrogens is 502 g/mol. The topological polar surface area (TPSA) is 114 Å². The van der Waals surface area contributed by atoms with Crippen molar-refractivity contribution in [2.45, 2.75) is 76.5 Å².